The Hall–Kier alpha value is -0.340. The lowest BCUT2D eigenvalue weighted by molar-refractivity contribution is 0.168. The molecule has 0 saturated carbocycles. The Morgan fingerprint density at radius 1 is 1.70 bits per heavy atom. The molecule has 0 aromatic carbocycles. The molecule has 1 N–H and O–H groups in total. The molecular weight excluding hydrogens is 126 g/mol. The van der Waals surface area contributed by atoms with Crippen molar-refractivity contribution in [3.05, 3.63) is 11.6 Å². The smallest absolute Gasteiger partial charge is 0.0688 e. The minimum absolute atomic E-state index is 0.809. The summed E-state index contributed by atoms with van der Waals surface area (Å²) in [6, 6.07) is 0. The molecule has 0 spiro atoms. The maximum absolute atomic E-state index is 5.26. The summed E-state index contributed by atoms with van der Waals surface area (Å²) < 4.78 is 5.26. The van der Waals surface area contributed by atoms with Crippen molar-refractivity contribution in [3.8, 4) is 0 Å². The van der Waals surface area contributed by atoms with E-state index in [1.165, 1.54) is 5.57 Å². The fourth-order valence-electron chi connectivity index (χ4n) is 1.04. The predicted octanol–water partition coefficient (Wildman–Crippen LogP) is 0.943. The van der Waals surface area contributed by atoms with Crippen LogP contribution >= 0.6 is 0 Å². The van der Waals surface area contributed by atoms with Crippen molar-refractivity contribution < 1.29 is 4.74 Å². The molecular formula is C8H15NO. The van der Waals surface area contributed by atoms with E-state index >= 15 is 0 Å². The highest BCUT2D eigenvalue weighted by atomic mass is 16.5. The summed E-state index contributed by atoms with van der Waals surface area (Å²) in [5, 5.41) is 3.30. The van der Waals surface area contributed by atoms with Crippen LogP contribution in [0.15, 0.2) is 11.6 Å². The molecule has 0 saturated heterocycles. The fourth-order valence-corrected chi connectivity index (χ4v) is 1.04. The summed E-state index contributed by atoms with van der Waals surface area (Å²) in [4.78, 5) is 0. The van der Waals surface area contributed by atoms with E-state index in [9.17, 15) is 0 Å². The van der Waals surface area contributed by atoms with Crippen LogP contribution in [0, 0.1) is 0 Å². The highest BCUT2D eigenvalue weighted by Crippen LogP contribution is 2.00. The van der Waals surface area contributed by atoms with E-state index in [2.05, 4.69) is 11.4 Å². The minimum atomic E-state index is 0.809. The Morgan fingerprint density at radius 2 is 2.60 bits per heavy atom. The lowest BCUT2D eigenvalue weighted by atomic mass is 10.2. The molecule has 1 rings (SSSR count). The van der Waals surface area contributed by atoms with Gasteiger partial charge < -0.3 is 10.1 Å². The molecule has 10 heavy (non-hydrogen) atoms. The zero-order valence-electron chi connectivity index (χ0n) is 6.52. The first-order valence-corrected chi connectivity index (χ1v) is 3.90. The van der Waals surface area contributed by atoms with Crippen LogP contribution in [0.3, 0.4) is 0 Å². The van der Waals surface area contributed by atoms with Crippen LogP contribution in [-0.4, -0.2) is 26.3 Å². The molecule has 0 aromatic rings. The molecule has 0 aromatic heterocycles. The molecule has 2 heteroatoms. The largest absolute Gasteiger partial charge is 0.377 e. The molecule has 1 aliphatic heterocycles. The van der Waals surface area contributed by atoms with E-state index in [4.69, 9.17) is 4.74 Å². The zero-order chi connectivity index (χ0) is 7.23. The summed E-state index contributed by atoms with van der Waals surface area (Å²) in [7, 11) is 0. The first kappa shape index (κ1) is 7.76. The van der Waals surface area contributed by atoms with E-state index in [0.29, 0.717) is 0 Å². The van der Waals surface area contributed by atoms with Crippen molar-refractivity contribution >= 4 is 0 Å². The van der Waals surface area contributed by atoms with Gasteiger partial charge in [0.15, 0.2) is 0 Å². The zero-order valence-corrected chi connectivity index (χ0v) is 6.52. The number of rotatable bonds is 3. The predicted molar refractivity (Wildman–Crippen MR) is 42.1 cm³/mol. The molecule has 0 fully saturated rings. The van der Waals surface area contributed by atoms with Gasteiger partial charge in [-0.2, -0.15) is 0 Å². The molecule has 1 aliphatic rings. The molecule has 2 nitrogen and oxygen atoms in total. The van der Waals surface area contributed by atoms with E-state index in [1.54, 1.807) is 0 Å². The van der Waals surface area contributed by atoms with Gasteiger partial charge in [0.25, 0.3) is 0 Å². The number of ether oxygens (including phenoxy) is 1. The Morgan fingerprint density at radius 3 is 3.20 bits per heavy atom. The lowest BCUT2D eigenvalue weighted by Crippen LogP contribution is -2.24. The van der Waals surface area contributed by atoms with Crippen LogP contribution in [0.2, 0.25) is 0 Å². The first-order chi connectivity index (χ1) is 4.93. The summed E-state index contributed by atoms with van der Waals surface area (Å²) in [6.45, 7) is 5.78. The second-order valence-corrected chi connectivity index (χ2v) is 2.46. The average Bonchev–Trinajstić information content (AvgIpc) is 2.03. The molecule has 0 bridgehead atoms. The van der Waals surface area contributed by atoms with Crippen LogP contribution < -0.4 is 5.32 Å². The molecule has 1 heterocycles. The van der Waals surface area contributed by atoms with Gasteiger partial charge in [-0.05, 0) is 25.5 Å². The molecule has 58 valence electrons. The van der Waals surface area contributed by atoms with Gasteiger partial charge in [-0.25, -0.2) is 0 Å². The van der Waals surface area contributed by atoms with Crippen LogP contribution in [0.4, 0.5) is 0 Å². The minimum Gasteiger partial charge on any atom is -0.377 e. The van der Waals surface area contributed by atoms with Gasteiger partial charge in [0.1, 0.15) is 0 Å². The third kappa shape index (κ3) is 2.50. The van der Waals surface area contributed by atoms with Crippen LogP contribution in [-0.2, 0) is 4.74 Å². The van der Waals surface area contributed by atoms with Gasteiger partial charge in [-0.15, -0.1) is 0 Å². The summed E-state index contributed by atoms with van der Waals surface area (Å²) in [6.07, 6.45) is 3.43. The number of hydrogen-bond donors (Lipinski definition) is 1. The van der Waals surface area contributed by atoms with E-state index in [1.807, 2.05) is 6.92 Å². The molecule has 0 amide bonds. The van der Waals surface area contributed by atoms with E-state index in [0.717, 1.165) is 32.7 Å². The summed E-state index contributed by atoms with van der Waals surface area (Å²) >= 11 is 0. The molecule has 0 unspecified atom stereocenters. The van der Waals surface area contributed by atoms with Gasteiger partial charge in [0, 0.05) is 13.2 Å². The second-order valence-electron chi connectivity index (χ2n) is 2.46. The molecule has 0 aliphatic carbocycles. The SMILES string of the molecule is CCOCC1=CCCNC1. The summed E-state index contributed by atoms with van der Waals surface area (Å²) in [5.74, 6) is 0. The van der Waals surface area contributed by atoms with Crippen molar-refractivity contribution in [2.24, 2.45) is 0 Å². The first-order valence-electron chi connectivity index (χ1n) is 3.90. The van der Waals surface area contributed by atoms with E-state index < -0.39 is 0 Å². The maximum atomic E-state index is 5.26. The number of nitrogens with one attached hydrogen (secondary N) is 1. The van der Waals surface area contributed by atoms with Crippen molar-refractivity contribution in [1.29, 1.82) is 0 Å². The Bertz CT molecular complexity index is 120. The van der Waals surface area contributed by atoms with Crippen molar-refractivity contribution in [2.75, 3.05) is 26.3 Å². The Labute approximate surface area is 62.3 Å². The van der Waals surface area contributed by atoms with E-state index in [-0.39, 0.29) is 0 Å². The van der Waals surface area contributed by atoms with Gasteiger partial charge >= 0.3 is 0 Å². The Balaban J connectivity index is 2.18. The van der Waals surface area contributed by atoms with Crippen molar-refractivity contribution in [3.63, 3.8) is 0 Å². The monoisotopic (exact) mass is 141 g/mol. The average molecular weight is 141 g/mol. The molecule has 0 radical (unpaired) electrons. The third-order valence-corrected chi connectivity index (χ3v) is 1.60. The van der Waals surface area contributed by atoms with Gasteiger partial charge in [-0.1, -0.05) is 6.08 Å². The van der Waals surface area contributed by atoms with Gasteiger partial charge in [0.2, 0.25) is 0 Å². The van der Waals surface area contributed by atoms with Gasteiger partial charge in [0.05, 0.1) is 6.61 Å². The molecule has 0 atom stereocenters. The Kier molecular flexibility index (Phi) is 3.47. The van der Waals surface area contributed by atoms with Gasteiger partial charge in [-0.3, -0.25) is 0 Å². The maximum Gasteiger partial charge on any atom is 0.0688 e. The van der Waals surface area contributed by atoms with Crippen LogP contribution in [0.5, 0.6) is 0 Å². The lowest BCUT2D eigenvalue weighted by Gasteiger charge is -2.13. The van der Waals surface area contributed by atoms with Crippen molar-refractivity contribution in [2.45, 2.75) is 13.3 Å². The topological polar surface area (TPSA) is 21.3 Å². The van der Waals surface area contributed by atoms with Crippen molar-refractivity contribution in [1.82, 2.24) is 5.32 Å². The normalized spacial score (nSPS) is 18.7. The fraction of sp³-hybridized carbons (Fsp3) is 0.750. The second kappa shape index (κ2) is 4.47. The highest BCUT2D eigenvalue weighted by molar-refractivity contribution is 5.07. The van der Waals surface area contributed by atoms with Crippen LogP contribution in [0.1, 0.15) is 13.3 Å². The van der Waals surface area contributed by atoms with Crippen LogP contribution in [0.25, 0.3) is 0 Å². The standard InChI is InChI=1S/C8H15NO/c1-2-10-7-8-4-3-5-9-6-8/h4,9H,2-3,5-7H2,1H3. The quantitative estimate of drug-likeness (QED) is 0.591. The number of hydrogen-bond acceptors (Lipinski definition) is 2. The third-order valence-electron chi connectivity index (χ3n) is 1.60. The summed E-state index contributed by atoms with van der Waals surface area (Å²) in [5.41, 5.74) is 1.40. The highest BCUT2D eigenvalue weighted by Gasteiger charge is 2.00.